The third-order valence-corrected chi connectivity index (χ3v) is 7.11. The van der Waals surface area contributed by atoms with Gasteiger partial charge < -0.3 is 15.3 Å². The van der Waals surface area contributed by atoms with Crippen LogP contribution < -0.4 is 5.32 Å². The van der Waals surface area contributed by atoms with Crippen molar-refractivity contribution in [3.63, 3.8) is 0 Å². The molecule has 0 saturated heterocycles. The number of nitrogens with one attached hydrogen (secondary N) is 1. The van der Waals surface area contributed by atoms with Crippen molar-refractivity contribution in [3.8, 4) is 22.7 Å². The highest BCUT2D eigenvalue weighted by molar-refractivity contribution is 6.35. The van der Waals surface area contributed by atoms with Crippen LogP contribution >= 0.6 is 23.2 Å². The normalized spacial score (nSPS) is 18.3. The van der Waals surface area contributed by atoms with E-state index in [-0.39, 0.29) is 24.1 Å². The molecule has 1 amide bonds. The molecule has 1 fully saturated rings. The molecule has 34 heavy (non-hydrogen) atoms. The van der Waals surface area contributed by atoms with Crippen molar-refractivity contribution in [2.45, 2.75) is 51.1 Å². The monoisotopic (exact) mass is 500 g/mol. The van der Waals surface area contributed by atoms with Gasteiger partial charge in [-0.1, -0.05) is 23.2 Å². The minimum Gasteiger partial charge on any atom is -0.508 e. The number of nitrogens with zero attached hydrogens (tertiary/aromatic N) is 3. The summed E-state index contributed by atoms with van der Waals surface area (Å²) in [6, 6.07) is 12.8. The van der Waals surface area contributed by atoms with E-state index in [4.69, 9.17) is 28.3 Å². The number of halogens is 2. The Bertz CT molecular complexity index is 1170. The van der Waals surface area contributed by atoms with Crippen molar-refractivity contribution in [3.05, 3.63) is 63.8 Å². The Hall–Kier alpha value is -2.54. The van der Waals surface area contributed by atoms with Crippen molar-refractivity contribution in [1.29, 1.82) is 0 Å². The van der Waals surface area contributed by atoms with Crippen LogP contribution in [0.5, 0.6) is 5.75 Å². The number of hydrogen-bond donors (Lipinski definition) is 2. The number of aromatic nitrogens is 2. The molecule has 0 bridgehead atoms. The standard InChI is InChI=1S/C26H30Cl2N4O2/c1-16-23(15-25(34)29-19-5-4-6-20(14-19)31(2)3)30-32(24-12-9-18(27)13-22(24)28)26(16)17-7-10-21(33)11-8-17/h7-13,19-20,33H,4-6,14-15H2,1-3H3,(H,29,34). The third kappa shape index (κ3) is 5.40. The first-order chi connectivity index (χ1) is 16.2. The predicted octanol–water partition coefficient (Wildman–Crippen LogP) is 5.39. The summed E-state index contributed by atoms with van der Waals surface area (Å²) < 4.78 is 1.76. The van der Waals surface area contributed by atoms with Crippen LogP contribution in [0.2, 0.25) is 10.0 Å². The van der Waals surface area contributed by atoms with E-state index in [1.54, 1.807) is 28.9 Å². The lowest BCUT2D eigenvalue weighted by molar-refractivity contribution is -0.121. The molecule has 0 aliphatic heterocycles. The van der Waals surface area contributed by atoms with Gasteiger partial charge in [0.2, 0.25) is 5.91 Å². The summed E-state index contributed by atoms with van der Waals surface area (Å²) in [7, 11) is 4.19. The molecule has 2 aromatic carbocycles. The summed E-state index contributed by atoms with van der Waals surface area (Å²) in [5, 5.41) is 18.8. The number of phenols is 1. The zero-order chi connectivity index (χ0) is 24.4. The number of phenolic OH excluding ortho intramolecular Hbond substituents is 1. The van der Waals surface area contributed by atoms with Crippen LogP contribution in [0, 0.1) is 6.92 Å². The van der Waals surface area contributed by atoms with Gasteiger partial charge in [-0.3, -0.25) is 4.79 Å². The maximum atomic E-state index is 13.0. The minimum atomic E-state index is -0.0309. The Morgan fingerprint density at radius 2 is 1.91 bits per heavy atom. The lowest BCUT2D eigenvalue weighted by Crippen LogP contribution is -2.44. The van der Waals surface area contributed by atoms with Gasteiger partial charge in [0.1, 0.15) is 5.75 Å². The molecular formula is C26H30Cl2N4O2. The molecule has 0 spiro atoms. The first-order valence-corrected chi connectivity index (χ1v) is 12.3. The molecule has 3 aromatic rings. The van der Waals surface area contributed by atoms with Gasteiger partial charge in [0.05, 0.1) is 28.5 Å². The molecule has 8 heteroatoms. The van der Waals surface area contributed by atoms with Gasteiger partial charge in [-0.05, 0) is 94.7 Å². The van der Waals surface area contributed by atoms with Crippen LogP contribution in [-0.4, -0.2) is 51.9 Å². The molecule has 1 aliphatic rings. The van der Waals surface area contributed by atoms with Crippen molar-refractivity contribution in [2.75, 3.05) is 14.1 Å². The summed E-state index contributed by atoms with van der Waals surface area (Å²) in [5.41, 5.74) is 3.93. The first-order valence-electron chi connectivity index (χ1n) is 11.5. The Morgan fingerprint density at radius 1 is 1.18 bits per heavy atom. The molecular weight excluding hydrogens is 471 g/mol. The fourth-order valence-corrected chi connectivity index (χ4v) is 5.18. The van der Waals surface area contributed by atoms with E-state index in [1.165, 1.54) is 6.42 Å². The maximum absolute atomic E-state index is 13.0. The summed E-state index contributed by atoms with van der Waals surface area (Å²) in [5.74, 6) is 0.150. The lowest BCUT2D eigenvalue weighted by atomic mass is 9.90. The second-order valence-corrected chi connectivity index (χ2v) is 10.0. The fraction of sp³-hybridized carbons (Fsp3) is 0.385. The third-order valence-electron chi connectivity index (χ3n) is 6.57. The van der Waals surface area contributed by atoms with Gasteiger partial charge in [0.15, 0.2) is 0 Å². The van der Waals surface area contributed by atoms with E-state index < -0.39 is 0 Å². The highest BCUT2D eigenvalue weighted by Crippen LogP contribution is 2.33. The molecule has 2 unspecified atom stereocenters. The molecule has 6 nitrogen and oxygen atoms in total. The molecule has 2 N–H and O–H groups in total. The highest BCUT2D eigenvalue weighted by Gasteiger charge is 2.26. The van der Waals surface area contributed by atoms with Crippen LogP contribution in [-0.2, 0) is 11.2 Å². The molecule has 180 valence electrons. The van der Waals surface area contributed by atoms with E-state index in [0.29, 0.717) is 27.5 Å². The van der Waals surface area contributed by atoms with Crippen LogP contribution in [0.3, 0.4) is 0 Å². The first kappa shape index (κ1) is 24.6. The van der Waals surface area contributed by atoms with Crippen LogP contribution in [0.1, 0.15) is 36.9 Å². The number of aromatic hydroxyl groups is 1. The molecule has 2 atom stereocenters. The van der Waals surface area contributed by atoms with Crippen LogP contribution in [0.4, 0.5) is 0 Å². The zero-order valence-corrected chi connectivity index (χ0v) is 21.2. The summed E-state index contributed by atoms with van der Waals surface area (Å²) >= 11 is 12.6. The quantitative estimate of drug-likeness (QED) is 0.475. The molecule has 4 rings (SSSR count). The van der Waals surface area contributed by atoms with Crippen molar-refractivity contribution in [2.24, 2.45) is 0 Å². The van der Waals surface area contributed by atoms with Crippen LogP contribution in [0.25, 0.3) is 16.9 Å². The van der Waals surface area contributed by atoms with Crippen molar-refractivity contribution < 1.29 is 9.90 Å². The smallest absolute Gasteiger partial charge is 0.226 e. The van der Waals surface area contributed by atoms with E-state index >= 15 is 0 Å². The summed E-state index contributed by atoms with van der Waals surface area (Å²) in [4.78, 5) is 15.2. The Morgan fingerprint density at radius 3 is 2.59 bits per heavy atom. The van der Waals surface area contributed by atoms with Gasteiger partial charge in [-0.25, -0.2) is 4.68 Å². The topological polar surface area (TPSA) is 70.4 Å². The van der Waals surface area contributed by atoms with E-state index in [1.807, 2.05) is 25.1 Å². The van der Waals surface area contributed by atoms with E-state index in [0.717, 1.165) is 36.1 Å². The number of benzene rings is 2. The summed E-state index contributed by atoms with van der Waals surface area (Å²) in [6.45, 7) is 1.96. The van der Waals surface area contributed by atoms with Crippen molar-refractivity contribution in [1.82, 2.24) is 20.0 Å². The number of carbonyl (C=O) groups is 1. The number of rotatable bonds is 6. The van der Waals surface area contributed by atoms with E-state index in [9.17, 15) is 9.90 Å². The second-order valence-electron chi connectivity index (χ2n) is 9.20. The van der Waals surface area contributed by atoms with Gasteiger partial charge in [-0.15, -0.1) is 0 Å². The van der Waals surface area contributed by atoms with Gasteiger partial charge in [0.25, 0.3) is 0 Å². The largest absolute Gasteiger partial charge is 0.508 e. The van der Waals surface area contributed by atoms with E-state index in [2.05, 4.69) is 24.3 Å². The lowest BCUT2D eigenvalue weighted by Gasteiger charge is -2.33. The Balaban J connectivity index is 1.64. The second kappa shape index (κ2) is 10.4. The van der Waals surface area contributed by atoms with Gasteiger partial charge in [0, 0.05) is 22.7 Å². The summed E-state index contributed by atoms with van der Waals surface area (Å²) in [6.07, 6.45) is 4.43. The predicted molar refractivity (Wildman–Crippen MR) is 137 cm³/mol. The molecule has 1 saturated carbocycles. The SMILES string of the molecule is Cc1c(CC(=O)NC2CCCC(N(C)C)C2)nn(-c2ccc(Cl)cc2Cl)c1-c1ccc(O)cc1. The molecule has 1 heterocycles. The molecule has 1 aliphatic carbocycles. The van der Waals surface area contributed by atoms with Crippen molar-refractivity contribution >= 4 is 29.1 Å². The number of amides is 1. The van der Waals surface area contributed by atoms with Gasteiger partial charge in [-0.2, -0.15) is 5.10 Å². The molecule has 1 aromatic heterocycles. The van der Waals surface area contributed by atoms with Gasteiger partial charge >= 0.3 is 0 Å². The average Bonchev–Trinajstić information content (AvgIpc) is 3.10. The Labute approximate surface area is 210 Å². The highest BCUT2D eigenvalue weighted by atomic mass is 35.5. The number of carbonyl (C=O) groups excluding carboxylic acids is 1. The minimum absolute atomic E-state index is 0.0309. The number of hydrogen-bond acceptors (Lipinski definition) is 4. The zero-order valence-electron chi connectivity index (χ0n) is 19.7. The maximum Gasteiger partial charge on any atom is 0.226 e. The molecule has 0 radical (unpaired) electrons. The van der Waals surface area contributed by atoms with Crippen LogP contribution in [0.15, 0.2) is 42.5 Å². The fourth-order valence-electron chi connectivity index (χ4n) is 4.69. The Kier molecular flexibility index (Phi) is 7.51. The average molecular weight is 501 g/mol.